The number of H-pyrrole nitrogens is 1. The number of carbonyl (C=O) groups excluding carboxylic acids is 1. The number of hydrogen-bond acceptors (Lipinski definition) is 4. The Morgan fingerprint density at radius 3 is 2.36 bits per heavy atom. The number of benzene rings is 2. The van der Waals surface area contributed by atoms with E-state index in [0.717, 1.165) is 18.8 Å². The smallest absolute Gasteiger partial charge is 0.273 e. The summed E-state index contributed by atoms with van der Waals surface area (Å²) in [6.45, 7) is 2.26. The molecule has 0 saturated carbocycles. The van der Waals surface area contributed by atoms with Crippen LogP contribution in [0.15, 0.2) is 58.1 Å². The van der Waals surface area contributed by atoms with Gasteiger partial charge in [0.1, 0.15) is 0 Å². The summed E-state index contributed by atoms with van der Waals surface area (Å²) in [4.78, 5) is 39.2. The molecule has 0 spiro atoms. The van der Waals surface area contributed by atoms with Gasteiger partial charge in [-0.1, -0.05) is 12.1 Å². The van der Waals surface area contributed by atoms with Crippen LogP contribution in [-0.4, -0.2) is 28.8 Å². The molecule has 1 aliphatic heterocycles. The second kappa shape index (κ2) is 7.72. The Morgan fingerprint density at radius 1 is 0.964 bits per heavy atom. The molecule has 0 atom stereocenters. The molecule has 3 aromatic rings. The standard InChI is InChI=1S/C21H22N4O3/c26-19(22-15-7-9-16(10-8-15)24-12-3-4-13-24)11-14-25-21(28)18-6-2-1-5-17(18)20(27)23-25/h1-2,5-10H,3-4,11-14H2,(H,22,26)(H,23,27). The molecule has 2 heterocycles. The van der Waals surface area contributed by atoms with E-state index in [1.54, 1.807) is 24.3 Å². The van der Waals surface area contributed by atoms with Crippen LogP contribution in [-0.2, 0) is 11.3 Å². The minimum Gasteiger partial charge on any atom is -0.372 e. The summed E-state index contributed by atoms with van der Waals surface area (Å²) in [6.07, 6.45) is 2.52. The van der Waals surface area contributed by atoms with Gasteiger partial charge in [0.2, 0.25) is 5.91 Å². The highest BCUT2D eigenvalue weighted by molar-refractivity contribution is 5.90. The molecule has 7 nitrogen and oxygen atoms in total. The summed E-state index contributed by atoms with van der Waals surface area (Å²) < 4.78 is 1.20. The first-order chi connectivity index (χ1) is 13.6. The van der Waals surface area contributed by atoms with Gasteiger partial charge in [0.05, 0.1) is 17.3 Å². The molecule has 1 saturated heterocycles. The minimum atomic E-state index is -0.340. The number of amides is 1. The van der Waals surface area contributed by atoms with Crippen LogP contribution < -0.4 is 21.3 Å². The van der Waals surface area contributed by atoms with Crippen LogP contribution in [0, 0.1) is 0 Å². The van der Waals surface area contributed by atoms with Gasteiger partial charge in [-0.05, 0) is 49.2 Å². The van der Waals surface area contributed by atoms with E-state index in [9.17, 15) is 14.4 Å². The van der Waals surface area contributed by atoms with E-state index in [1.807, 2.05) is 24.3 Å². The van der Waals surface area contributed by atoms with E-state index >= 15 is 0 Å². The highest BCUT2D eigenvalue weighted by Gasteiger charge is 2.12. The molecule has 0 radical (unpaired) electrons. The average Bonchev–Trinajstić information content (AvgIpc) is 3.25. The minimum absolute atomic E-state index is 0.0854. The van der Waals surface area contributed by atoms with Crippen molar-refractivity contribution in [1.82, 2.24) is 9.78 Å². The molecular formula is C21H22N4O3. The van der Waals surface area contributed by atoms with E-state index in [4.69, 9.17) is 0 Å². The number of fused-ring (bicyclic) bond motifs is 1. The highest BCUT2D eigenvalue weighted by Crippen LogP contribution is 2.22. The summed E-state index contributed by atoms with van der Waals surface area (Å²) >= 11 is 0. The fourth-order valence-electron chi connectivity index (χ4n) is 3.57. The van der Waals surface area contributed by atoms with Gasteiger partial charge in [0.15, 0.2) is 0 Å². The first kappa shape index (κ1) is 18.0. The maximum atomic E-state index is 12.5. The number of aromatic nitrogens is 2. The molecule has 1 aromatic heterocycles. The second-order valence-electron chi connectivity index (χ2n) is 6.98. The van der Waals surface area contributed by atoms with Crippen molar-refractivity contribution in [1.29, 1.82) is 0 Å². The highest BCUT2D eigenvalue weighted by atomic mass is 16.2. The van der Waals surface area contributed by atoms with Crippen molar-refractivity contribution < 1.29 is 4.79 Å². The Bertz CT molecular complexity index is 1110. The van der Waals surface area contributed by atoms with Crippen molar-refractivity contribution in [3.63, 3.8) is 0 Å². The lowest BCUT2D eigenvalue weighted by Gasteiger charge is -2.17. The zero-order valence-corrected chi connectivity index (χ0v) is 15.5. The van der Waals surface area contributed by atoms with Crippen LogP contribution in [0.4, 0.5) is 11.4 Å². The molecular weight excluding hydrogens is 356 g/mol. The number of aromatic amines is 1. The molecule has 28 heavy (non-hydrogen) atoms. The fraction of sp³-hybridized carbons (Fsp3) is 0.286. The molecule has 7 heteroatoms. The zero-order chi connectivity index (χ0) is 19.5. The number of rotatable bonds is 5. The maximum Gasteiger partial charge on any atom is 0.273 e. The third-order valence-electron chi connectivity index (χ3n) is 5.07. The number of carbonyl (C=O) groups is 1. The Kier molecular flexibility index (Phi) is 4.97. The quantitative estimate of drug-likeness (QED) is 0.713. The summed E-state index contributed by atoms with van der Waals surface area (Å²) in [5.74, 6) is -0.213. The summed E-state index contributed by atoms with van der Waals surface area (Å²) in [5, 5.41) is 6.08. The van der Waals surface area contributed by atoms with Gasteiger partial charge in [-0.3, -0.25) is 19.5 Å². The van der Waals surface area contributed by atoms with Crippen molar-refractivity contribution in [2.75, 3.05) is 23.3 Å². The Labute approximate surface area is 161 Å². The molecule has 1 aliphatic rings. The van der Waals surface area contributed by atoms with Gasteiger partial charge in [-0.2, -0.15) is 0 Å². The molecule has 4 rings (SSSR count). The van der Waals surface area contributed by atoms with Crippen molar-refractivity contribution >= 4 is 28.1 Å². The molecule has 1 fully saturated rings. The number of nitrogens with one attached hydrogen (secondary N) is 2. The molecule has 2 N–H and O–H groups in total. The third kappa shape index (κ3) is 3.69. The predicted molar refractivity (Wildman–Crippen MR) is 110 cm³/mol. The molecule has 0 unspecified atom stereocenters. The van der Waals surface area contributed by atoms with E-state index in [-0.39, 0.29) is 30.0 Å². The lowest BCUT2D eigenvalue weighted by Crippen LogP contribution is -2.31. The van der Waals surface area contributed by atoms with Crippen molar-refractivity contribution in [2.24, 2.45) is 0 Å². The van der Waals surface area contributed by atoms with Gasteiger partial charge in [-0.25, -0.2) is 4.68 Å². The van der Waals surface area contributed by atoms with Crippen LogP contribution in [0.3, 0.4) is 0 Å². The molecule has 1 amide bonds. The van der Waals surface area contributed by atoms with Gasteiger partial charge >= 0.3 is 0 Å². The van der Waals surface area contributed by atoms with Crippen LogP contribution in [0.2, 0.25) is 0 Å². The molecule has 144 valence electrons. The molecule has 0 aliphatic carbocycles. The number of aryl methyl sites for hydroxylation is 1. The van der Waals surface area contributed by atoms with Gasteiger partial charge in [0.25, 0.3) is 11.1 Å². The number of hydrogen-bond donors (Lipinski definition) is 2. The number of anilines is 2. The van der Waals surface area contributed by atoms with Crippen LogP contribution in [0.1, 0.15) is 19.3 Å². The van der Waals surface area contributed by atoms with Crippen molar-refractivity contribution in [3.8, 4) is 0 Å². The first-order valence-electron chi connectivity index (χ1n) is 9.48. The van der Waals surface area contributed by atoms with E-state index in [2.05, 4.69) is 15.3 Å². The van der Waals surface area contributed by atoms with Gasteiger partial charge in [0, 0.05) is 30.9 Å². The molecule has 2 aromatic carbocycles. The summed E-state index contributed by atoms with van der Waals surface area (Å²) in [6, 6.07) is 14.4. The topological polar surface area (TPSA) is 87.2 Å². The van der Waals surface area contributed by atoms with Crippen LogP contribution >= 0.6 is 0 Å². The monoisotopic (exact) mass is 378 g/mol. The second-order valence-corrected chi connectivity index (χ2v) is 6.98. The lowest BCUT2D eigenvalue weighted by molar-refractivity contribution is -0.116. The van der Waals surface area contributed by atoms with Crippen molar-refractivity contribution in [2.45, 2.75) is 25.8 Å². The lowest BCUT2D eigenvalue weighted by atomic mass is 10.2. The van der Waals surface area contributed by atoms with E-state index < -0.39 is 0 Å². The molecule has 0 bridgehead atoms. The fourth-order valence-corrected chi connectivity index (χ4v) is 3.57. The third-order valence-corrected chi connectivity index (χ3v) is 5.07. The predicted octanol–water partition coefficient (Wildman–Crippen LogP) is 2.32. The Balaban J connectivity index is 1.41. The van der Waals surface area contributed by atoms with Crippen LogP contribution in [0.5, 0.6) is 0 Å². The first-order valence-corrected chi connectivity index (χ1v) is 9.48. The summed E-state index contributed by atoms with van der Waals surface area (Å²) in [5.41, 5.74) is 1.23. The van der Waals surface area contributed by atoms with Crippen molar-refractivity contribution in [3.05, 3.63) is 69.2 Å². The Morgan fingerprint density at radius 2 is 1.64 bits per heavy atom. The van der Waals surface area contributed by atoms with Gasteiger partial charge < -0.3 is 10.2 Å². The van der Waals surface area contributed by atoms with E-state index in [0.29, 0.717) is 16.5 Å². The maximum absolute atomic E-state index is 12.5. The normalized spacial score (nSPS) is 13.8. The van der Waals surface area contributed by atoms with E-state index in [1.165, 1.54) is 17.5 Å². The number of nitrogens with zero attached hydrogens (tertiary/aromatic N) is 2. The van der Waals surface area contributed by atoms with Crippen LogP contribution in [0.25, 0.3) is 10.8 Å². The largest absolute Gasteiger partial charge is 0.372 e. The summed E-state index contributed by atoms with van der Waals surface area (Å²) in [7, 11) is 0. The SMILES string of the molecule is O=C(CCn1[nH]c(=O)c2ccccc2c1=O)Nc1ccc(N2CCCC2)cc1. The Hall–Kier alpha value is -3.35. The zero-order valence-electron chi connectivity index (χ0n) is 15.5. The van der Waals surface area contributed by atoms with Gasteiger partial charge in [-0.15, -0.1) is 0 Å². The average molecular weight is 378 g/mol.